The first-order chi connectivity index (χ1) is 11.7. The number of carboxylic acid groups (broad SMARTS) is 1. The number of carboxylic acids is 1. The average molecular weight is 326 g/mol. The van der Waals surface area contributed by atoms with Gasteiger partial charge in [-0.15, -0.1) is 0 Å². The Morgan fingerprint density at radius 2 is 1.54 bits per heavy atom. The van der Waals surface area contributed by atoms with Crippen molar-refractivity contribution in [3.63, 3.8) is 0 Å². The summed E-state index contributed by atoms with van der Waals surface area (Å²) in [6.07, 6.45) is 15.7. The highest BCUT2D eigenvalue weighted by molar-refractivity contribution is 5.85. The molecule has 0 aliphatic rings. The Balaban J connectivity index is 2.12. The summed E-state index contributed by atoms with van der Waals surface area (Å²) in [7, 11) is 0. The van der Waals surface area contributed by atoms with Crippen molar-refractivity contribution in [1.29, 1.82) is 0 Å². The molecule has 0 fully saturated rings. The topological polar surface area (TPSA) is 37.3 Å². The van der Waals surface area contributed by atoms with Crippen molar-refractivity contribution in [2.75, 3.05) is 0 Å². The van der Waals surface area contributed by atoms with Crippen molar-refractivity contribution in [2.24, 2.45) is 0 Å². The Labute approximate surface area is 147 Å². The van der Waals surface area contributed by atoms with Gasteiger partial charge in [0.2, 0.25) is 0 Å². The zero-order chi connectivity index (χ0) is 17.5. The summed E-state index contributed by atoms with van der Waals surface area (Å²) in [5.41, 5.74) is 1.86. The van der Waals surface area contributed by atoms with Crippen LogP contribution in [0.5, 0.6) is 0 Å². The Hall–Kier alpha value is -2.01. The van der Waals surface area contributed by atoms with Crippen LogP contribution in [0.25, 0.3) is 6.08 Å². The lowest BCUT2D eigenvalue weighted by Gasteiger charge is -2.00. The number of unbranched alkanes of at least 4 members (excludes halogenated alkanes) is 9. The molecule has 1 aromatic rings. The van der Waals surface area contributed by atoms with Crippen LogP contribution >= 0.6 is 0 Å². The molecule has 0 saturated carbocycles. The molecule has 2 nitrogen and oxygen atoms in total. The molecule has 24 heavy (non-hydrogen) atoms. The summed E-state index contributed by atoms with van der Waals surface area (Å²) in [5.74, 6) is 5.47. The molecule has 0 atom stereocenters. The smallest absolute Gasteiger partial charge is 0.328 e. The number of rotatable bonds is 11. The fourth-order valence-corrected chi connectivity index (χ4v) is 2.53. The molecule has 0 radical (unpaired) electrons. The van der Waals surface area contributed by atoms with Crippen LogP contribution < -0.4 is 0 Å². The summed E-state index contributed by atoms with van der Waals surface area (Å²) in [5, 5.41) is 8.59. The summed E-state index contributed by atoms with van der Waals surface area (Å²) in [4.78, 5) is 10.5. The lowest BCUT2D eigenvalue weighted by molar-refractivity contribution is -0.131. The van der Waals surface area contributed by atoms with Gasteiger partial charge in [0.15, 0.2) is 0 Å². The lowest BCUT2D eigenvalue weighted by Crippen LogP contribution is -1.85. The van der Waals surface area contributed by atoms with Crippen molar-refractivity contribution in [1.82, 2.24) is 0 Å². The predicted molar refractivity (Wildman–Crippen MR) is 102 cm³/mol. The largest absolute Gasteiger partial charge is 0.478 e. The van der Waals surface area contributed by atoms with E-state index >= 15 is 0 Å². The summed E-state index contributed by atoms with van der Waals surface area (Å²) in [6.45, 7) is 2.26. The molecule has 0 bridgehead atoms. The van der Waals surface area contributed by atoms with E-state index in [1.165, 1.54) is 57.8 Å². The highest BCUT2D eigenvalue weighted by atomic mass is 16.4. The van der Waals surface area contributed by atoms with Gasteiger partial charge in [-0.05, 0) is 30.2 Å². The standard InChI is InChI=1S/C22H30O2/c1-2-3-4-5-6-7-8-9-10-11-12-13-20-14-16-21(17-15-20)18-19-22(23)24/h14-19H,2-11H2,1H3,(H,23,24). The van der Waals surface area contributed by atoms with Crippen molar-refractivity contribution in [3.8, 4) is 11.8 Å². The zero-order valence-corrected chi connectivity index (χ0v) is 14.9. The van der Waals surface area contributed by atoms with Gasteiger partial charge in [0, 0.05) is 18.1 Å². The second-order valence-corrected chi connectivity index (χ2v) is 6.17. The van der Waals surface area contributed by atoms with Gasteiger partial charge in [-0.3, -0.25) is 0 Å². The minimum atomic E-state index is -0.931. The van der Waals surface area contributed by atoms with Crippen LogP contribution in [0.4, 0.5) is 0 Å². The van der Waals surface area contributed by atoms with E-state index in [0.29, 0.717) is 0 Å². The van der Waals surface area contributed by atoms with Crippen LogP contribution in [0, 0.1) is 11.8 Å². The molecule has 0 unspecified atom stereocenters. The Morgan fingerprint density at radius 3 is 2.12 bits per heavy atom. The molecule has 0 aromatic heterocycles. The summed E-state index contributed by atoms with van der Waals surface area (Å²) < 4.78 is 0. The minimum Gasteiger partial charge on any atom is -0.478 e. The summed E-state index contributed by atoms with van der Waals surface area (Å²) in [6, 6.07) is 7.65. The van der Waals surface area contributed by atoms with Gasteiger partial charge in [0.1, 0.15) is 0 Å². The molecule has 0 saturated heterocycles. The van der Waals surface area contributed by atoms with E-state index in [1.54, 1.807) is 6.08 Å². The summed E-state index contributed by atoms with van der Waals surface area (Å²) >= 11 is 0. The quantitative estimate of drug-likeness (QED) is 0.305. The fraction of sp³-hybridized carbons (Fsp3) is 0.500. The molecule has 0 heterocycles. The molecule has 0 aliphatic carbocycles. The van der Waals surface area contributed by atoms with E-state index in [-0.39, 0.29) is 0 Å². The SMILES string of the molecule is CCCCCCCCCCCC#Cc1ccc(C=CC(=O)O)cc1. The van der Waals surface area contributed by atoms with Gasteiger partial charge in [0.05, 0.1) is 0 Å². The molecule has 1 N–H and O–H groups in total. The number of benzene rings is 1. The van der Waals surface area contributed by atoms with E-state index in [9.17, 15) is 4.79 Å². The van der Waals surface area contributed by atoms with Crippen LogP contribution in [0.2, 0.25) is 0 Å². The highest BCUT2D eigenvalue weighted by Crippen LogP contribution is 2.10. The maximum Gasteiger partial charge on any atom is 0.328 e. The van der Waals surface area contributed by atoms with E-state index in [1.807, 2.05) is 24.3 Å². The molecular formula is C22H30O2. The molecule has 0 aliphatic heterocycles. The Morgan fingerprint density at radius 1 is 0.958 bits per heavy atom. The maximum absolute atomic E-state index is 10.5. The van der Waals surface area contributed by atoms with Crippen LogP contribution in [-0.2, 0) is 4.79 Å². The first-order valence-corrected chi connectivity index (χ1v) is 9.22. The third-order valence-electron chi connectivity index (χ3n) is 3.97. The second kappa shape index (κ2) is 13.4. The third kappa shape index (κ3) is 10.7. The van der Waals surface area contributed by atoms with Crippen LogP contribution in [0.3, 0.4) is 0 Å². The van der Waals surface area contributed by atoms with Crippen molar-refractivity contribution < 1.29 is 9.90 Å². The first kappa shape index (κ1) is 20.0. The van der Waals surface area contributed by atoms with Crippen LogP contribution in [-0.4, -0.2) is 11.1 Å². The monoisotopic (exact) mass is 326 g/mol. The predicted octanol–water partition coefficient (Wildman–Crippen LogP) is 6.06. The van der Waals surface area contributed by atoms with Gasteiger partial charge in [-0.25, -0.2) is 4.79 Å². The van der Waals surface area contributed by atoms with Gasteiger partial charge in [-0.1, -0.05) is 82.3 Å². The van der Waals surface area contributed by atoms with Gasteiger partial charge in [0.25, 0.3) is 0 Å². The molecule has 1 aromatic carbocycles. The number of aliphatic carboxylic acids is 1. The average Bonchev–Trinajstić information content (AvgIpc) is 2.59. The van der Waals surface area contributed by atoms with Gasteiger partial charge in [-0.2, -0.15) is 0 Å². The number of carbonyl (C=O) groups is 1. The Kier molecular flexibility index (Phi) is 11.2. The molecule has 2 heteroatoms. The van der Waals surface area contributed by atoms with Crippen molar-refractivity contribution in [2.45, 2.75) is 71.1 Å². The number of hydrogen-bond donors (Lipinski definition) is 1. The van der Waals surface area contributed by atoms with Crippen LogP contribution in [0.1, 0.15) is 82.3 Å². The minimum absolute atomic E-state index is 0.877. The molecule has 0 amide bonds. The van der Waals surface area contributed by atoms with Gasteiger partial charge < -0.3 is 5.11 Å². The van der Waals surface area contributed by atoms with E-state index in [0.717, 1.165) is 23.6 Å². The molecule has 1 rings (SSSR count). The molecule has 130 valence electrons. The second-order valence-electron chi connectivity index (χ2n) is 6.17. The molecule has 0 spiro atoms. The van der Waals surface area contributed by atoms with E-state index < -0.39 is 5.97 Å². The highest BCUT2D eigenvalue weighted by Gasteiger charge is 1.92. The van der Waals surface area contributed by atoms with Crippen molar-refractivity contribution >= 4 is 12.0 Å². The Bertz CT molecular complexity index is 544. The number of hydrogen-bond acceptors (Lipinski definition) is 1. The van der Waals surface area contributed by atoms with E-state index in [2.05, 4.69) is 18.8 Å². The normalized spacial score (nSPS) is 10.5. The van der Waals surface area contributed by atoms with Gasteiger partial charge >= 0.3 is 5.97 Å². The zero-order valence-electron chi connectivity index (χ0n) is 14.9. The maximum atomic E-state index is 10.5. The van der Waals surface area contributed by atoms with E-state index in [4.69, 9.17) is 5.11 Å². The van der Waals surface area contributed by atoms with Crippen LogP contribution in [0.15, 0.2) is 30.3 Å². The molecular weight excluding hydrogens is 296 g/mol. The lowest BCUT2D eigenvalue weighted by atomic mass is 10.1. The van der Waals surface area contributed by atoms with Crippen molar-refractivity contribution in [3.05, 3.63) is 41.5 Å². The first-order valence-electron chi connectivity index (χ1n) is 9.22. The fourth-order valence-electron chi connectivity index (χ4n) is 2.53. The third-order valence-corrected chi connectivity index (χ3v) is 3.97.